The Labute approximate surface area is 82.0 Å². The first-order chi connectivity index (χ1) is 6.06. The minimum Gasteiger partial charge on any atom is -0.393 e. The van der Waals surface area contributed by atoms with Gasteiger partial charge in [-0.15, -0.1) is 0 Å². The quantitative estimate of drug-likeness (QED) is 0.644. The van der Waals surface area contributed by atoms with Gasteiger partial charge in [-0.3, -0.25) is 0 Å². The van der Waals surface area contributed by atoms with Crippen LogP contribution in [0.2, 0.25) is 0 Å². The fourth-order valence-corrected chi connectivity index (χ4v) is 1.36. The number of aliphatic hydroxyl groups excluding tert-OH is 2. The molecule has 0 aliphatic heterocycles. The summed E-state index contributed by atoms with van der Waals surface area (Å²) < 4.78 is 0. The van der Waals surface area contributed by atoms with Gasteiger partial charge in [-0.1, -0.05) is 33.6 Å². The third-order valence-corrected chi connectivity index (χ3v) is 2.33. The largest absolute Gasteiger partial charge is 0.393 e. The van der Waals surface area contributed by atoms with Crippen LogP contribution in [0.15, 0.2) is 0 Å². The van der Waals surface area contributed by atoms with Gasteiger partial charge in [0, 0.05) is 0 Å². The maximum absolute atomic E-state index is 9.50. The van der Waals surface area contributed by atoms with E-state index < -0.39 is 0 Å². The van der Waals surface area contributed by atoms with E-state index in [-0.39, 0.29) is 12.2 Å². The average Bonchev–Trinajstić information content (AvgIpc) is 2.03. The SMILES string of the molecule is CCC(O)CC(O)CCCC(C)C. The van der Waals surface area contributed by atoms with Gasteiger partial charge in [0.15, 0.2) is 0 Å². The average molecular weight is 188 g/mol. The molecule has 0 amide bonds. The van der Waals surface area contributed by atoms with E-state index >= 15 is 0 Å². The van der Waals surface area contributed by atoms with Crippen molar-refractivity contribution in [3.8, 4) is 0 Å². The zero-order chi connectivity index (χ0) is 10.3. The van der Waals surface area contributed by atoms with E-state index in [1.165, 1.54) is 6.42 Å². The summed E-state index contributed by atoms with van der Waals surface area (Å²) >= 11 is 0. The number of hydrogen-bond acceptors (Lipinski definition) is 2. The van der Waals surface area contributed by atoms with Crippen molar-refractivity contribution in [1.29, 1.82) is 0 Å². The molecule has 0 heterocycles. The fourth-order valence-electron chi connectivity index (χ4n) is 1.36. The molecule has 2 unspecified atom stereocenters. The first kappa shape index (κ1) is 12.9. The number of hydrogen-bond donors (Lipinski definition) is 2. The molecular formula is C11H24O2. The first-order valence-electron chi connectivity index (χ1n) is 5.42. The molecule has 2 atom stereocenters. The Morgan fingerprint density at radius 2 is 1.62 bits per heavy atom. The predicted molar refractivity (Wildman–Crippen MR) is 55.6 cm³/mol. The highest BCUT2D eigenvalue weighted by Gasteiger charge is 2.09. The first-order valence-corrected chi connectivity index (χ1v) is 5.42. The van der Waals surface area contributed by atoms with Gasteiger partial charge in [-0.05, 0) is 25.2 Å². The summed E-state index contributed by atoms with van der Waals surface area (Å²) in [5, 5.41) is 18.8. The van der Waals surface area contributed by atoms with E-state index in [1.807, 2.05) is 6.92 Å². The maximum Gasteiger partial charge on any atom is 0.0564 e. The van der Waals surface area contributed by atoms with Crippen LogP contribution < -0.4 is 0 Å². The zero-order valence-electron chi connectivity index (χ0n) is 9.16. The Balaban J connectivity index is 3.34. The predicted octanol–water partition coefficient (Wildman–Crippen LogP) is 2.33. The molecular weight excluding hydrogens is 164 g/mol. The molecule has 0 bridgehead atoms. The van der Waals surface area contributed by atoms with E-state index in [1.54, 1.807) is 0 Å². The summed E-state index contributed by atoms with van der Waals surface area (Å²) in [6.45, 7) is 6.31. The molecule has 0 fully saturated rings. The lowest BCUT2D eigenvalue weighted by Gasteiger charge is -2.14. The Bertz CT molecular complexity index is 113. The van der Waals surface area contributed by atoms with Crippen molar-refractivity contribution in [2.24, 2.45) is 5.92 Å². The monoisotopic (exact) mass is 188 g/mol. The van der Waals surface area contributed by atoms with Crippen LogP contribution in [0.5, 0.6) is 0 Å². The molecule has 0 radical (unpaired) electrons. The van der Waals surface area contributed by atoms with Crippen LogP contribution in [0.25, 0.3) is 0 Å². The molecule has 80 valence electrons. The molecule has 0 aromatic heterocycles. The van der Waals surface area contributed by atoms with Crippen LogP contribution in [0.4, 0.5) is 0 Å². The standard InChI is InChI=1S/C11H24O2/c1-4-10(12)8-11(13)7-5-6-9(2)3/h9-13H,4-8H2,1-3H3. The van der Waals surface area contributed by atoms with Gasteiger partial charge in [0.1, 0.15) is 0 Å². The number of aliphatic hydroxyl groups is 2. The van der Waals surface area contributed by atoms with Gasteiger partial charge in [0.05, 0.1) is 12.2 Å². The fraction of sp³-hybridized carbons (Fsp3) is 1.00. The second kappa shape index (κ2) is 7.34. The van der Waals surface area contributed by atoms with Crippen LogP contribution in [0.1, 0.15) is 52.9 Å². The zero-order valence-corrected chi connectivity index (χ0v) is 9.16. The topological polar surface area (TPSA) is 40.5 Å². The molecule has 13 heavy (non-hydrogen) atoms. The van der Waals surface area contributed by atoms with Crippen molar-refractivity contribution in [3.05, 3.63) is 0 Å². The van der Waals surface area contributed by atoms with E-state index in [0.717, 1.165) is 19.3 Å². The van der Waals surface area contributed by atoms with Crippen LogP contribution in [-0.2, 0) is 0 Å². The smallest absolute Gasteiger partial charge is 0.0564 e. The molecule has 0 aliphatic rings. The van der Waals surface area contributed by atoms with Gasteiger partial charge in [0.2, 0.25) is 0 Å². The summed E-state index contributed by atoms with van der Waals surface area (Å²) in [5.41, 5.74) is 0. The third-order valence-electron chi connectivity index (χ3n) is 2.33. The van der Waals surface area contributed by atoms with Crippen molar-refractivity contribution < 1.29 is 10.2 Å². The summed E-state index contributed by atoms with van der Waals surface area (Å²) in [6, 6.07) is 0. The maximum atomic E-state index is 9.50. The molecule has 2 heteroatoms. The number of rotatable bonds is 7. The highest BCUT2D eigenvalue weighted by molar-refractivity contribution is 4.62. The van der Waals surface area contributed by atoms with E-state index in [2.05, 4.69) is 13.8 Å². The Hall–Kier alpha value is -0.0800. The van der Waals surface area contributed by atoms with E-state index in [4.69, 9.17) is 0 Å². The lowest BCUT2D eigenvalue weighted by Crippen LogP contribution is -2.16. The molecule has 2 N–H and O–H groups in total. The van der Waals surface area contributed by atoms with Crippen molar-refractivity contribution in [2.75, 3.05) is 0 Å². The van der Waals surface area contributed by atoms with Crippen molar-refractivity contribution in [3.63, 3.8) is 0 Å². The van der Waals surface area contributed by atoms with Gasteiger partial charge >= 0.3 is 0 Å². The minimum atomic E-state index is -0.325. The van der Waals surface area contributed by atoms with Gasteiger partial charge in [-0.2, -0.15) is 0 Å². The summed E-state index contributed by atoms with van der Waals surface area (Å²) in [6.07, 6.45) is 3.70. The van der Waals surface area contributed by atoms with Crippen LogP contribution in [0.3, 0.4) is 0 Å². The van der Waals surface area contributed by atoms with E-state index in [0.29, 0.717) is 12.3 Å². The molecule has 2 nitrogen and oxygen atoms in total. The van der Waals surface area contributed by atoms with Gasteiger partial charge < -0.3 is 10.2 Å². The van der Waals surface area contributed by atoms with Crippen LogP contribution in [-0.4, -0.2) is 22.4 Å². The lowest BCUT2D eigenvalue weighted by molar-refractivity contribution is 0.0717. The third kappa shape index (κ3) is 8.26. The molecule has 0 saturated heterocycles. The highest BCUT2D eigenvalue weighted by atomic mass is 16.3. The lowest BCUT2D eigenvalue weighted by atomic mass is 10.0. The van der Waals surface area contributed by atoms with Crippen molar-refractivity contribution in [2.45, 2.75) is 65.1 Å². The van der Waals surface area contributed by atoms with Gasteiger partial charge in [-0.25, -0.2) is 0 Å². The van der Waals surface area contributed by atoms with E-state index in [9.17, 15) is 10.2 Å². The normalized spacial score (nSPS) is 16.2. The van der Waals surface area contributed by atoms with Crippen molar-refractivity contribution in [1.82, 2.24) is 0 Å². The van der Waals surface area contributed by atoms with Gasteiger partial charge in [0.25, 0.3) is 0 Å². The molecule has 0 spiro atoms. The molecule has 0 aromatic rings. The summed E-state index contributed by atoms with van der Waals surface area (Å²) in [5.74, 6) is 0.711. The Morgan fingerprint density at radius 3 is 2.08 bits per heavy atom. The second-order valence-corrected chi connectivity index (χ2v) is 4.28. The molecule has 0 rings (SSSR count). The highest BCUT2D eigenvalue weighted by Crippen LogP contribution is 2.12. The summed E-state index contributed by atoms with van der Waals surface area (Å²) in [4.78, 5) is 0. The summed E-state index contributed by atoms with van der Waals surface area (Å²) in [7, 11) is 0. The van der Waals surface area contributed by atoms with Crippen LogP contribution >= 0.6 is 0 Å². The molecule has 0 saturated carbocycles. The molecule has 0 aromatic carbocycles. The Kier molecular flexibility index (Phi) is 7.29. The van der Waals surface area contributed by atoms with Crippen molar-refractivity contribution >= 4 is 0 Å². The van der Waals surface area contributed by atoms with Crippen LogP contribution in [0, 0.1) is 5.92 Å². The molecule has 0 aliphatic carbocycles. The second-order valence-electron chi connectivity index (χ2n) is 4.28. The minimum absolute atomic E-state index is 0.311. The Morgan fingerprint density at radius 1 is 1.00 bits per heavy atom.